The molecule has 2 aliphatic rings. The number of Topliss-reactive ketones (excluding diaryl/α,β-unsaturated/α-hetero) is 1. The highest BCUT2D eigenvalue weighted by Crippen LogP contribution is 2.28. The number of hydrogen-bond donors (Lipinski definition) is 3. The number of ketones is 1. The molecule has 0 atom stereocenters. The standard InChI is InChI=1S/C15H19NS2.C11H11NO2.C11H13NO/c1-9(2)11-6-7-12-13(8-11)16-10(3)14(12)15(17-4)18-5;1-6(2)7-3-4-8-9(5-7)12-11(14)10(8)13;1-7(2)8-3-4-9-6-11(13)12-10(9)5-8/h6-9,16H,3H2,1-2,4-5H3;3-6H,1-2H3,(H,12,13,14);3-5,7H,6H2,1-2H3,(H,12,13). The third-order valence-electron chi connectivity index (χ3n) is 7.98. The van der Waals surface area contributed by atoms with Crippen molar-refractivity contribution in [1.29, 1.82) is 0 Å². The van der Waals surface area contributed by atoms with Gasteiger partial charge in [-0.25, -0.2) is 0 Å². The van der Waals surface area contributed by atoms with E-state index in [0.29, 0.717) is 35.4 Å². The van der Waals surface area contributed by atoms with Gasteiger partial charge in [0, 0.05) is 31.4 Å². The van der Waals surface area contributed by atoms with Gasteiger partial charge < -0.3 is 15.6 Å². The van der Waals surface area contributed by atoms with Crippen LogP contribution >= 0.6 is 23.5 Å². The number of rotatable bonds is 5. The first kappa shape index (κ1) is 34.1. The maximum atomic E-state index is 11.3. The molecule has 4 aromatic rings. The van der Waals surface area contributed by atoms with E-state index in [2.05, 4.69) is 107 Å². The number of fused-ring (bicyclic) bond motifs is 3. The van der Waals surface area contributed by atoms with Crippen LogP contribution in [0.4, 0.5) is 11.4 Å². The Morgan fingerprint density at radius 1 is 0.733 bits per heavy atom. The van der Waals surface area contributed by atoms with Gasteiger partial charge in [-0.3, -0.25) is 14.4 Å². The monoisotopic (exact) mass is 641 g/mol. The minimum absolute atomic E-state index is 0.107. The normalized spacial score (nSPS) is 13.3. The van der Waals surface area contributed by atoms with Crippen LogP contribution in [-0.4, -0.2) is 35.1 Å². The Balaban J connectivity index is 0.000000156. The van der Waals surface area contributed by atoms with E-state index in [1.54, 1.807) is 29.6 Å². The molecule has 1 aromatic heterocycles. The zero-order valence-electron chi connectivity index (χ0n) is 27.4. The van der Waals surface area contributed by atoms with Crippen molar-refractivity contribution in [1.82, 2.24) is 4.98 Å². The number of thioether (sulfide) groups is 2. The maximum Gasteiger partial charge on any atom is 0.296 e. The summed E-state index contributed by atoms with van der Waals surface area (Å²) in [6.45, 7) is 17.0. The lowest BCUT2D eigenvalue weighted by molar-refractivity contribution is -0.115. The molecule has 45 heavy (non-hydrogen) atoms. The lowest BCUT2D eigenvalue weighted by Gasteiger charge is -2.06. The summed E-state index contributed by atoms with van der Waals surface area (Å²) < 4.78 is 1.32. The van der Waals surface area contributed by atoms with Crippen LogP contribution in [0.15, 0.2) is 54.6 Å². The maximum absolute atomic E-state index is 11.3. The first-order chi connectivity index (χ1) is 21.3. The molecule has 8 heteroatoms. The number of anilines is 2. The number of aromatic nitrogens is 1. The summed E-state index contributed by atoms with van der Waals surface area (Å²) in [6.07, 6.45) is 4.77. The van der Waals surface area contributed by atoms with Crippen molar-refractivity contribution in [3.05, 3.63) is 93.0 Å². The van der Waals surface area contributed by atoms with E-state index in [9.17, 15) is 14.4 Å². The number of H-pyrrole nitrogens is 1. The molecule has 2 amide bonds. The Kier molecular flexibility index (Phi) is 11.0. The van der Waals surface area contributed by atoms with Gasteiger partial charge in [0.1, 0.15) is 0 Å². The highest BCUT2D eigenvalue weighted by atomic mass is 32.2. The molecule has 6 rings (SSSR count). The minimum atomic E-state index is -0.527. The lowest BCUT2D eigenvalue weighted by Crippen LogP contribution is -2.22. The van der Waals surface area contributed by atoms with Gasteiger partial charge in [-0.2, -0.15) is 0 Å². The van der Waals surface area contributed by atoms with Gasteiger partial charge in [-0.1, -0.05) is 78.5 Å². The predicted octanol–water partition coefficient (Wildman–Crippen LogP) is 7.74. The number of benzene rings is 3. The lowest BCUT2D eigenvalue weighted by atomic mass is 10.0. The Morgan fingerprint density at radius 2 is 1.29 bits per heavy atom. The fourth-order valence-electron chi connectivity index (χ4n) is 5.27. The molecular weight excluding hydrogens is 599 g/mol. The highest BCUT2D eigenvalue weighted by molar-refractivity contribution is 8.29. The topological polar surface area (TPSA) is 91.1 Å². The van der Waals surface area contributed by atoms with E-state index >= 15 is 0 Å². The highest BCUT2D eigenvalue weighted by Gasteiger charge is 2.27. The first-order valence-electron chi connectivity index (χ1n) is 15.2. The van der Waals surface area contributed by atoms with Crippen molar-refractivity contribution in [3.63, 3.8) is 0 Å². The second-order valence-electron chi connectivity index (χ2n) is 12.2. The number of amides is 2. The van der Waals surface area contributed by atoms with Crippen molar-refractivity contribution < 1.29 is 14.4 Å². The third kappa shape index (κ3) is 7.74. The molecular formula is C37H43N3O3S2. The summed E-state index contributed by atoms with van der Waals surface area (Å²) in [6, 6.07) is 18.4. The summed E-state index contributed by atoms with van der Waals surface area (Å²) >= 11 is 3.57. The van der Waals surface area contributed by atoms with Crippen LogP contribution in [0.5, 0.6) is 0 Å². The van der Waals surface area contributed by atoms with Gasteiger partial charge >= 0.3 is 0 Å². The Morgan fingerprint density at radius 3 is 1.89 bits per heavy atom. The zero-order chi connectivity index (χ0) is 33.0. The largest absolute Gasteiger partial charge is 0.355 e. The van der Waals surface area contributed by atoms with Gasteiger partial charge in [0.2, 0.25) is 5.91 Å². The number of carbonyl (C=O) groups is 3. The van der Waals surface area contributed by atoms with Gasteiger partial charge in [0.15, 0.2) is 0 Å². The van der Waals surface area contributed by atoms with E-state index < -0.39 is 11.7 Å². The van der Waals surface area contributed by atoms with Crippen LogP contribution in [0, 0.1) is 0 Å². The first-order valence-corrected chi connectivity index (χ1v) is 17.6. The molecule has 6 nitrogen and oxygen atoms in total. The smallest absolute Gasteiger partial charge is 0.296 e. The SMILES string of the molecule is C=c1[nH]c2cc(C(C)C)ccc2c1=C(SC)SC.CC(C)c1ccc2c(c1)NC(=O)C2.CC(C)c1ccc2c(c1)NC(=O)C2=O. The van der Waals surface area contributed by atoms with Gasteiger partial charge in [-0.15, -0.1) is 23.5 Å². The predicted molar refractivity (Wildman–Crippen MR) is 194 cm³/mol. The summed E-state index contributed by atoms with van der Waals surface area (Å²) in [5.74, 6) is 0.613. The molecule has 3 N–H and O–H groups in total. The van der Waals surface area contributed by atoms with Gasteiger partial charge in [-0.05, 0) is 76.8 Å². The average molecular weight is 642 g/mol. The van der Waals surface area contributed by atoms with Crippen LogP contribution in [0.2, 0.25) is 0 Å². The molecule has 0 bridgehead atoms. The molecule has 0 spiro atoms. The second-order valence-corrected chi connectivity index (χ2v) is 14.1. The van der Waals surface area contributed by atoms with Crippen LogP contribution in [0.1, 0.15) is 91.9 Å². The van der Waals surface area contributed by atoms with Crippen molar-refractivity contribution in [2.24, 2.45) is 0 Å². The fourth-order valence-corrected chi connectivity index (χ4v) is 6.81. The van der Waals surface area contributed by atoms with Crippen molar-refractivity contribution in [2.45, 2.75) is 65.7 Å². The fraction of sp³-hybridized carbons (Fsp3) is 0.324. The zero-order valence-corrected chi connectivity index (χ0v) is 29.0. The summed E-state index contributed by atoms with van der Waals surface area (Å²) in [4.78, 5) is 36.8. The second kappa shape index (κ2) is 14.6. The quantitative estimate of drug-likeness (QED) is 0.194. The van der Waals surface area contributed by atoms with Crippen LogP contribution in [-0.2, 0) is 16.0 Å². The molecule has 236 valence electrons. The number of carbonyl (C=O) groups excluding carboxylic acids is 3. The molecule has 2 aliphatic heterocycles. The molecule has 0 radical (unpaired) electrons. The van der Waals surface area contributed by atoms with Crippen LogP contribution in [0.25, 0.3) is 21.7 Å². The summed E-state index contributed by atoms with van der Waals surface area (Å²) in [5.41, 5.74) is 8.21. The van der Waals surface area contributed by atoms with Gasteiger partial charge in [0.25, 0.3) is 11.7 Å². The number of nitrogens with one attached hydrogen (secondary N) is 3. The average Bonchev–Trinajstić information content (AvgIpc) is 3.64. The van der Waals surface area contributed by atoms with Crippen molar-refractivity contribution in [2.75, 3.05) is 23.1 Å². The third-order valence-corrected chi connectivity index (χ3v) is 10.1. The van der Waals surface area contributed by atoms with E-state index in [0.717, 1.165) is 22.2 Å². The molecule has 0 aliphatic carbocycles. The van der Waals surface area contributed by atoms with Crippen molar-refractivity contribution >= 4 is 74.2 Å². The molecule has 3 aromatic carbocycles. The van der Waals surface area contributed by atoms with Gasteiger partial charge in [0.05, 0.1) is 17.7 Å². The van der Waals surface area contributed by atoms with E-state index in [-0.39, 0.29) is 5.91 Å². The van der Waals surface area contributed by atoms with E-state index in [4.69, 9.17) is 0 Å². The van der Waals surface area contributed by atoms with Crippen LogP contribution in [0.3, 0.4) is 0 Å². The molecule has 0 fully saturated rings. The molecule has 0 saturated heterocycles. The number of aromatic amines is 1. The molecule has 3 heterocycles. The Labute approximate surface area is 274 Å². The summed E-state index contributed by atoms with van der Waals surface area (Å²) in [5, 5.41) is 8.97. The van der Waals surface area contributed by atoms with E-state index in [1.165, 1.54) is 31.5 Å². The van der Waals surface area contributed by atoms with Crippen LogP contribution < -0.4 is 21.2 Å². The Hall–Kier alpha value is -3.75. The minimum Gasteiger partial charge on any atom is -0.355 e. The van der Waals surface area contributed by atoms with E-state index in [1.807, 2.05) is 18.2 Å². The Bertz CT molecular complexity index is 1870. The molecule has 0 saturated carbocycles. The van der Waals surface area contributed by atoms with Crippen molar-refractivity contribution in [3.8, 4) is 0 Å². The summed E-state index contributed by atoms with van der Waals surface area (Å²) in [7, 11) is 0. The number of hydrogen-bond acceptors (Lipinski definition) is 5. The molecule has 0 unspecified atom stereocenters.